The molecule has 1 nitrogen and oxygen atoms in total. The molecule has 0 aliphatic heterocycles. The van der Waals surface area contributed by atoms with E-state index in [1.807, 2.05) is 0 Å². The van der Waals surface area contributed by atoms with Crippen LogP contribution in [0, 0.1) is 5.82 Å². The van der Waals surface area contributed by atoms with Crippen molar-refractivity contribution >= 4 is 17.3 Å². The Hall–Kier alpha value is -0.900. The summed E-state index contributed by atoms with van der Waals surface area (Å²) in [7, 11) is 0. The van der Waals surface area contributed by atoms with Gasteiger partial charge in [-0.2, -0.15) is 0 Å². The molecule has 0 aliphatic carbocycles. The van der Waals surface area contributed by atoms with Crippen molar-refractivity contribution < 1.29 is 13.2 Å². The maximum absolute atomic E-state index is 12.6. The Balaban J connectivity index is 2.70. The maximum Gasteiger partial charge on any atom is 0.255 e. The van der Waals surface area contributed by atoms with Crippen LogP contribution < -0.4 is 5.32 Å². The summed E-state index contributed by atoms with van der Waals surface area (Å²) in [4.78, 5) is 0. The highest BCUT2D eigenvalue weighted by atomic mass is 35.5. The summed E-state index contributed by atoms with van der Waals surface area (Å²) < 4.78 is 36.1. The van der Waals surface area contributed by atoms with Crippen molar-refractivity contribution in [3.8, 4) is 0 Å². The fourth-order valence-electron chi connectivity index (χ4n) is 0.820. The molecule has 0 fully saturated rings. The van der Waals surface area contributed by atoms with Crippen LogP contribution in [0.3, 0.4) is 0 Å². The minimum atomic E-state index is -2.49. The van der Waals surface area contributed by atoms with E-state index in [0.717, 1.165) is 12.1 Å². The quantitative estimate of drug-likeness (QED) is 0.807. The van der Waals surface area contributed by atoms with E-state index >= 15 is 0 Å². The molecular weight excluding hydrogens is 203 g/mol. The molecule has 1 aromatic carbocycles. The third-order valence-corrected chi connectivity index (χ3v) is 1.70. The number of halogens is 4. The third-order valence-electron chi connectivity index (χ3n) is 1.38. The van der Waals surface area contributed by atoms with E-state index in [9.17, 15) is 13.2 Å². The highest BCUT2D eigenvalue weighted by Gasteiger charge is 2.05. The standard InChI is InChI=1S/C8H7ClF3N/c9-6-2-1-5(10)3-7(6)13-4-8(11)12/h1-3,8,13H,4H2. The van der Waals surface area contributed by atoms with Crippen molar-refractivity contribution in [2.45, 2.75) is 6.43 Å². The fourth-order valence-corrected chi connectivity index (χ4v) is 1.00. The number of anilines is 1. The second kappa shape index (κ2) is 4.37. The van der Waals surface area contributed by atoms with Crippen molar-refractivity contribution in [2.75, 3.05) is 11.9 Å². The molecule has 0 atom stereocenters. The van der Waals surface area contributed by atoms with Gasteiger partial charge in [-0.15, -0.1) is 0 Å². The summed E-state index contributed by atoms with van der Waals surface area (Å²) in [5.74, 6) is -0.513. The van der Waals surface area contributed by atoms with Crippen molar-refractivity contribution in [3.63, 3.8) is 0 Å². The maximum atomic E-state index is 12.6. The van der Waals surface area contributed by atoms with E-state index in [2.05, 4.69) is 5.32 Å². The van der Waals surface area contributed by atoms with Gasteiger partial charge in [0.25, 0.3) is 6.43 Å². The van der Waals surface area contributed by atoms with Crippen molar-refractivity contribution in [1.82, 2.24) is 0 Å². The van der Waals surface area contributed by atoms with E-state index < -0.39 is 18.8 Å². The number of alkyl halides is 2. The first kappa shape index (κ1) is 10.2. The summed E-state index contributed by atoms with van der Waals surface area (Å²) in [5, 5.41) is 2.56. The van der Waals surface area contributed by atoms with Crippen LogP contribution >= 0.6 is 11.6 Å². The van der Waals surface area contributed by atoms with Crippen LogP contribution in [0.5, 0.6) is 0 Å². The predicted octanol–water partition coefficient (Wildman–Crippen LogP) is 3.16. The summed E-state index contributed by atoms with van der Waals surface area (Å²) in [6.45, 7) is -0.539. The van der Waals surface area contributed by atoms with Crippen molar-refractivity contribution in [1.29, 1.82) is 0 Å². The van der Waals surface area contributed by atoms with Crippen LogP contribution in [-0.4, -0.2) is 13.0 Å². The molecule has 0 saturated heterocycles. The summed E-state index contributed by atoms with van der Waals surface area (Å²) >= 11 is 5.61. The minimum absolute atomic E-state index is 0.182. The number of hydrogen-bond donors (Lipinski definition) is 1. The van der Waals surface area contributed by atoms with E-state index in [4.69, 9.17) is 11.6 Å². The molecular formula is C8H7ClF3N. The lowest BCUT2D eigenvalue weighted by Gasteiger charge is -2.07. The first-order valence-corrected chi connectivity index (χ1v) is 3.94. The van der Waals surface area contributed by atoms with Gasteiger partial charge >= 0.3 is 0 Å². The van der Waals surface area contributed by atoms with Gasteiger partial charge in [0.05, 0.1) is 17.3 Å². The van der Waals surface area contributed by atoms with Crippen molar-refractivity contribution in [3.05, 3.63) is 29.0 Å². The van der Waals surface area contributed by atoms with E-state index in [1.54, 1.807) is 0 Å². The van der Waals surface area contributed by atoms with Crippen LogP contribution in [-0.2, 0) is 0 Å². The normalized spacial score (nSPS) is 10.5. The smallest absolute Gasteiger partial charge is 0.255 e. The molecule has 0 spiro atoms. The van der Waals surface area contributed by atoms with Gasteiger partial charge in [-0.3, -0.25) is 0 Å². The van der Waals surface area contributed by atoms with Crippen LogP contribution in [0.1, 0.15) is 0 Å². The molecule has 13 heavy (non-hydrogen) atoms. The summed E-state index contributed by atoms with van der Waals surface area (Å²) in [5.41, 5.74) is 0.182. The van der Waals surface area contributed by atoms with Gasteiger partial charge < -0.3 is 5.32 Å². The molecule has 0 aliphatic rings. The van der Waals surface area contributed by atoms with Gasteiger partial charge in [0.1, 0.15) is 5.82 Å². The zero-order chi connectivity index (χ0) is 9.84. The van der Waals surface area contributed by atoms with Crippen LogP contribution in [0.2, 0.25) is 5.02 Å². The zero-order valence-electron chi connectivity index (χ0n) is 6.53. The Labute approximate surface area is 78.5 Å². The Bertz CT molecular complexity index is 291. The van der Waals surface area contributed by atoms with Crippen molar-refractivity contribution in [2.24, 2.45) is 0 Å². The number of nitrogens with one attached hydrogen (secondary N) is 1. The average molecular weight is 210 g/mol. The van der Waals surface area contributed by atoms with Crippen LogP contribution in [0.25, 0.3) is 0 Å². The first-order valence-electron chi connectivity index (χ1n) is 3.56. The van der Waals surface area contributed by atoms with Gasteiger partial charge in [-0.25, -0.2) is 13.2 Å². The van der Waals surface area contributed by atoms with Gasteiger partial charge in [-0.05, 0) is 18.2 Å². The van der Waals surface area contributed by atoms with Gasteiger partial charge in [0.2, 0.25) is 0 Å². The van der Waals surface area contributed by atoms with E-state index in [1.165, 1.54) is 6.07 Å². The lowest BCUT2D eigenvalue weighted by atomic mass is 10.3. The predicted molar refractivity (Wildman–Crippen MR) is 45.9 cm³/mol. The molecule has 0 bridgehead atoms. The van der Waals surface area contributed by atoms with E-state index in [-0.39, 0.29) is 10.7 Å². The second-order valence-corrected chi connectivity index (χ2v) is 2.80. The van der Waals surface area contributed by atoms with Gasteiger partial charge in [0, 0.05) is 0 Å². The Morgan fingerprint density at radius 3 is 2.69 bits per heavy atom. The SMILES string of the molecule is Fc1ccc(Cl)c(NCC(F)F)c1. The summed E-state index contributed by atoms with van der Waals surface area (Å²) in [6, 6.07) is 3.55. The number of rotatable bonds is 3. The number of benzene rings is 1. The highest BCUT2D eigenvalue weighted by Crippen LogP contribution is 2.22. The second-order valence-electron chi connectivity index (χ2n) is 2.40. The highest BCUT2D eigenvalue weighted by molar-refractivity contribution is 6.33. The molecule has 0 heterocycles. The first-order chi connectivity index (χ1) is 6.09. The molecule has 0 unspecified atom stereocenters. The monoisotopic (exact) mass is 209 g/mol. The molecule has 5 heteroatoms. The Morgan fingerprint density at radius 2 is 2.08 bits per heavy atom. The Morgan fingerprint density at radius 1 is 1.38 bits per heavy atom. The fraction of sp³-hybridized carbons (Fsp3) is 0.250. The third kappa shape index (κ3) is 3.14. The molecule has 0 saturated carbocycles. The zero-order valence-corrected chi connectivity index (χ0v) is 7.28. The minimum Gasteiger partial charge on any atom is -0.378 e. The van der Waals surface area contributed by atoms with Crippen LogP contribution in [0.15, 0.2) is 18.2 Å². The largest absolute Gasteiger partial charge is 0.378 e. The average Bonchev–Trinajstić information content (AvgIpc) is 2.06. The molecule has 0 amide bonds. The van der Waals surface area contributed by atoms with E-state index in [0.29, 0.717) is 0 Å². The van der Waals surface area contributed by atoms with Gasteiger partial charge in [0.15, 0.2) is 0 Å². The number of hydrogen-bond acceptors (Lipinski definition) is 1. The molecule has 1 N–H and O–H groups in total. The topological polar surface area (TPSA) is 12.0 Å². The lowest BCUT2D eigenvalue weighted by Crippen LogP contribution is -2.10. The Kier molecular flexibility index (Phi) is 3.42. The molecule has 72 valence electrons. The van der Waals surface area contributed by atoms with Crippen LogP contribution in [0.4, 0.5) is 18.9 Å². The lowest BCUT2D eigenvalue weighted by molar-refractivity contribution is 0.163. The van der Waals surface area contributed by atoms with Gasteiger partial charge in [-0.1, -0.05) is 11.6 Å². The molecule has 1 aromatic rings. The molecule has 1 rings (SSSR count). The summed E-state index contributed by atoms with van der Waals surface area (Å²) in [6.07, 6.45) is -2.49. The molecule has 0 aromatic heterocycles. The molecule has 0 radical (unpaired) electrons.